The van der Waals surface area contributed by atoms with Gasteiger partial charge in [-0.15, -0.1) is 0 Å². The van der Waals surface area contributed by atoms with Gasteiger partial charge in [-0.2, -0.15) is 0 Å². The van der Waals surface area contributed by atoms with Gasteiger partial charge in [0.2, 0.25) is 0 Å². The van der Waals surface area contributed by atoms with Gasteiger partial charge < -0.3 is 24.6 Å². The molecule has 2 atom stereocenters. The zero-order chi connectivity index (χ0) is 14.3. The standard InChI is InChI=1S/C11H17NO7/c1-17-9(13)3-2-7(11(15)16)12-10(14)8-6-18-4-5-19-8/h7-8H,2-6H2,1H3,(H,12,14)(H,15,16). The van der Waals surface area contributed by atoms with Crippen LogP contribution in [-0.2, 0) is 28.6 Å². The van der Waals surface area contributed by atoms with Crippen LogP contribution in [0.3, 0.4) is 0 Å². The van der Waals surface area contributed by atoms with E-state index in [9.17, 15) is 14.4 Å². The van der Waals surface area contributed by atoms with E-state index in [4.69, 9.17) is 14.6 Å². The Kier molecular flexibility index (Phi) is 6.23. The van der Waals surface area contributed by atoms with Crippen molar-refractivity contribution in [3.05, 3.63) is 0 Å². The van der Waals surface area contributed by atoms with E-state index in [2.05, 4.69) is 10.1 Å². The number of hydrogen-bond acceptors (Lipinski definition) is 6. The van der Waals surface area contributed by atoms with Gasteiger partial charge in [-0.1, -0.05) is 0 Å². The third-order valence-corrected chi connectivity index (χ3v) is 2.59. The van der Waals surface area contributed by atoms with Gasteiger partial charge in [0.05, 0.1) is 26.9 Å². The minimum atomic E-state index is -1.21. The Labute approximate surface area is 110 Å². The molecular weight excluding hydrogens is 258 g/mol. The molecule has 1 heterocycles. The summed E-state index contributed by atoms with van der Waals surface area (Å²) in [5, 5.41) is 11.3. The van der Waals surface area contributed by atoms with Crippen LogP contribution in [0.15, 0.2) is 0 Å². The van der Waals surface area contributed by atoms with Crippen molar-refractivity contribution < 1.29 is 33.7 Å². The van der Waals surface area contributed by atoms with Crippen LogP contribution < -0.4 is 5.32 Å². The fourth-order valence-electron chi connectivity index (χ4n) is 1.53. The Hall–Kier alpha value is -1.67. The van der Waals surface area contributed by atoms with Crippen LogP contribution in [-0.4, -0.2) is 62.0 Å². The lowest BCUT2D eigenvalue weighted by Gasteiger charge is -2.23. The fraction of sp³-hybridized carbons (Fsp3) is 0.727. The zero-order valence-electron chi connectivity index (χ0n) is 10.6. The van der Waals surface area contributed by atoms with E-state index in [0.29, 0.717) is 6.61 Å². The highest BCUT2D eigenvalue weighted by Crippen LogP contribution is 2.04. The molecule has 108 valence electrons. The number of carbonyl (C=O) groups is 3. The van der Waals surface area contributed by atoms with Gasteiger partial charge in [-0.25, -0.2) is 4.79 Å². The van der Waals surface area contributed by atoms with Crippen LogP contribution in [0.4, 0.5) is 0 Å². The Morgan fingerprint density at radius 2 is 2.16 bits per heavy atom. The number of aliphatic carboxylic acids is 1. The molecule has 0 aliphatic carbocycles. The molecule has 0 bridgehead atoms. The molecular formula is C11H17NO7. The third kappa shape index (κ3) is 5.23. The van der Waals surface area contributed by atoms with E-state index in [1.807, 2.05) is 0 Å². The quantitative estimate of drug-likeness (QED) is 0.593. The summed E-state index contributed by atoms with van der Waals surface area (Å²) in [6.45, 7) is 0.793. The predicted molar refractivity (Wildman–Crippen MR) is 61.4 cm³/mol. The molecule has 1 rings (SSSR count). The first-order valence-corrected chi connectivity index (χ1v) is 5.84. The average molecular weight is 275 g/mol. The number of hydrogen-bond donors (Lipinski definition) is 2. The second-order valence-corrected chi connectivity index (χ2v) is 3.95. The smallest absolute Gasteiger partial charge is 0.326 e. The maximum absolute atomic E-state index is 11.7. The molecule has 0 saturated carbocycles. The van der Waals surface area contributed by atoms with Gasteiger partial charge in [0.15, 0.2) is 6.10 Å². The number of ether oxygens (including phenoxy) is 3. The van der Waals surface area contributed by atoms with Gasteiger partial charge in [0, 0.05) is 6.42 Å². The van der Waals surface area contributed by atoms with Gasteiger partial charge in [0.1, 0.15) is 6.04 Å². The van der Waals surface area contributed by atoms with Crippen LogP contribution in [0.5, 0.6) is 0 Å². The first kappa shape index (κ1) is 15.4. The van der Waals surface area contributed by atoms with Crippen LogP contribution in [0.2, 0.25) is 0 Å². The van der Waals surface area contributed by atoms with Crippen molar-refractivity contribution in [2.75, 3.05) is 26.9 Å². The molecule has 0 spiro atoms. The maximum atomic E-state index is 11.7. The fourth-order valence-corrected chi connectivity index (χ4v) is 1.53. The molecule has 0 aromatic heterocycles. The number of rotatable bonds is 6. The number of carbonyl (C=O) groups excluding carboxylic acids is 2. The highest BCUT2D eigenvalue weighted by molar-refractivity contribution is 5.86. The number of carboxylic acids is 1. The highest BCUT2D eigenvalue weighted by Gasteiger charge is 2.28. The van der Waals surface area contributed by atoms with Crippen molar-refractivity contribution in [1.29, 1.82) is 0 Å². The van der Waals surface area contributed by atoms with Crippen LogP contribution >= 0.6 is 0 Å². The minimum absolute atomic E-state index is 0.0404. The summed E-state index contributed by atoms with van der Waals surface area (Å²) in [4.78, 5) is 33.7. The first-order valence-electron chi connectivity index (χ1n) is 5.84. The molecule has 1 aliphatic rings. The molecule has 0 aromatic rings. The zero-order valence-corrected chi connectivity index (χ0v) is 10.6. The van der Waals surface area contributed by atoms with Crippen molar-refractivity contribution >= 4 is 17.8 Å². The topological polar surface area (TPSA) is 111 Å². The second-order valence-electron chi connectivity index (χ2n) is 3.95. The van der Waals surface area contributed by atoms with E-state index in [1.165, 1.54) is 7.11 Å². The second kappa shape index (κ2) is 7.70. The maximum Gasteiger partial charge on any atom is 0.326 e. The van der Waals surface area contributed by atoms with E-state index >= 15 is 0 Å². The van der Waals surface area contributed by atoms with Gasteiger partial charge in [-0.05, 0) is 6.42 Å². The summed E-state index contributed by atoms with van der Waals surface area (Å²) in [5.74, 6) is -2.30. The minimum Gasteiger partial charge on any atom is -0.480 e. The van der Waals surface area contributed by atoms with Gasteiger partial charge >= 0.3 is 11.9 Å². The highest BCUT2D eigenvalue weighted by atomic mass is 16.6. The van der Waals surface area contributed by atoms with E-state index in [-0.39, 0.29) is 26.1 Å². The van der Waals surface area contributed by atoms with Crippen LogP contribution in [0.25, 0.3) is 0 Å². The Bertz CT molecular complexity index is 338. The monoisotopic (exact) mass is 275 g/mol. The SMILES string of the molecule is COC(=O)CCC(NC(=O)C1COCCO1)C(=O)O. The van der Waals surface area contributed by atoms with E-state index in [1.54, 1.807) is 0 Å². The third-order valence-electron chi connectivity index (χ3n) is 2.59. The number of amides is 1. The lowest BCUT2D eigenvalue weighted by atomic mass is 10.1. The molecule has 1 amide bonds. The molecule has 2 unspecified atom stereocenters. The van der Waals surface area contributed by atoms with Gasteiger partial charge in [0.25, 0.3) is 5.91 Å². The van der Waals surface area contributed by atoms with E-state index < -0.39 is 30.0 Å². The van der Waals surface area contributed by atoms with Crippen LogP contribution in [0.1, 0.15) is 12.8 Å². The van der Waals surface area contributed by atoms with Crippen molar-refractivity contribution in [3.63, 3.8) is 0 Å². The molecule has 1 saturated heterocycles. The molecule has 0 aromatic carbocycles. The summed E-state index contributed by atoms with van der Waals surface area (Å²) in [5.41, 5.74) is 0. The van der Waals surface area contributed by atoms with Crippen molar-refractivity contribution in [1.82, 2.24) is 5.32 Å². The number of esters is 1. The lowest BCUT2D eigenvalue weighted by Crippen LogP contribution is -2.49. The van der Waals surface area contributed by atoms with Crippen molar-refractivity contribution in [2.45, 2.75) is 25.0 Å². The molecule has 2 N–H and O–H groups in total. The predicted octanol–water partition coefficient (Wildman–Crippen LogP) is -1.08. The Balaban J connectivity index is 2.45. The van der Waals surface area contributed by atoms with Gasteiger partial charge in [-0.3, -0.25) is 9.59 Å². The summed E-state index contributed by atoms with van der Waals surface area (Å²) in [6, 6.07) is -1.16. The van der Waals surface area contributed by atoms with Crippen molar-refractivity contribution in [2.24, 2.45) is 0 Å². The largest absolute Gasteiger partial charge is 0.480 e. The molecule has 8 nitrogen and oxygen atoms in total. The Morgan fingerprint density at radius 3 is 2.68 bits per heavy atom. The first-order chi connectivity index (χ1) is 9.04. The Morgan fingerprint density at radius 1 is 1.42 bits per heavy atom. The number of methoxy groups -OCH3 is 1. The van der Waals surface area contributed by atoms with E-state index in [0.717, 1.165) is 0 Å². The molecule has 8 heteroatoms. The molecule has 19 heavy (non-hydrogen) atoms. The average Bonchev–Trinajstić information content (AvgIpc) is 2.43. The van der Waals surface area contributed by atoms with Crippen LogP contribution in [0, 0.1) is 0 Å². The summed E-state index contributed by atoms with van der Waals surface area (Å²) >= 11 is 0. The molecule has 0 radical (unpaired) electrons. The molecule has 1 fully saturated rings. The normalized spacial score (nSPS) is 20.4. The number of carboxylic acid groups (broad SMARTS) is 1. The number of nitrogens with one attached hydrogen (secondary N) is 1. The molecule has 1 aliphatic heterocycles. The van der Waals surface area contributed by atoms with Crippen molar-refractivity contribution in [3.8, 4) is 0 Å². The summed E-state index contributed by atoms with van der Waals surface area (Å²) in [7, 11) is 1.21. The summed E-state index contributed by atoms with van der Waals surface area (Å²) in [6.07, 6.45) is -0.939. The lowest BCUT2D eigenvalue weighted by molar-refractivity contribution is -0.152. The summed E-state index contributed by atoms with van der Waals surface area (Å²) < 4.78 is 14.6.